The Morgan fingerprint density at radius 2 is 1.64 bits per heavy atom. The number of hydrogen-bond donors (Lipinski definition) is 0. The molecule has 0 unspecified atom stereocenters. The Hall–Kier alpha value is -4.21. The average Bonchev–Trinajstić information content (AvgIpc) is 3.62. The minimum atomic E-state index is 0. The molecule has 3 aromatic carbocycles. The van der Waals surface area contributed by atoms with E-state index in [1.165, 1.54) is 43.4 Å². The van der Waals surface area contributed by atoms with Gasteiger partial charge in [-0.2, -0.15) is 12.1 Å². The van der Waals surface area contributed by atoms with Gasteiger partial charge < -0.3 is 9.40 Å². The molecule has 0 atom stereocenters. The minimum absolute atomic E-state index is 0. The predicted octanol–water partition coefficient (Wildman–Crippen LogP) is 8.63. The molecule has 42 heavy (non-hydrogen) atoms. The minimum Gasteiger partial charge on any atom is -0.495 e. The zero-order valence-electron chi connectivity index (χ0n) is 23.4. The number of pyridine rings is 2. The average molecular weight is 727 g/mol. The van der Waals surface area contributed by atoms with Crippen molar-refractivity contribution in [2.75, 3.05) is 0 Å². The number of furan rings is 1. The summed E-state index contributed by atoms with van der Waals surface area (Å²) in [5.74, 6) is 0. The molecule has 0 amide bonds. The largest absolute Gasteiger partial charge is 0.495 e. The SMILES string of the molecule is C1=[N+](c2[c-]ccc3c2oc2ncccc23)c2ccccc2[N+]=1C1CCCCC1.Cc1ccc(-c2[c-]cccc2)nc1.[Ir]. The third-order valence-electron chi connectivity index (χ3n) is 7.84. The summed E-state index contributed by atoms with van der Waals surface area (Å²) >= 11 is 0. The number of benzene rings is 3. The Balaban J connectivity index is 0.000000191. The van der Waals surface area contributed by atoms with Gasteiger partial charge in [-0.1, -0.05) is 45.2 Å². The van der Waals surface area contributed by atoms with E-state index in [9.17, 15) is 0 Å². The Morgan fingerprint density at radius 1 is 0.810 bits per heavy atom. The van der Waals surface area contributed by atoms with Gasteiger partial charge in [-0.15, -0.1) is 42.0 Å². The van der Waals surface area contributed by atoms with Crippen LogP contribution < -0.4 is 4.58 Å². The van der Waals surface area contributed by atoms with E-state index < -0.39 is 0 Å². The number of fused-ring (bicyclic) bond motifs is 4. The molecule has 1 aliphatic heterocycles. The maximum absolute atomic E-state index is 6.15. The predicted molar refractivity (Wildman–Crippen MR) is 163 cm³/mol. The maximum atomic E-state index is 6.15. The van der Waals surface area contributed by atoms with Crippen LogP contribution in [0.4, 0.5) is 17.1 Å². The van der Waals surface area contributed by atoms with Gasteiger partial charge in [0.2, 0.25) is 5.71 Å². The van der Waals surface area contributed by atoms with Crippen molar-refractivity contribution in [2.24, 2.45) is 0 Å². The number of hydrogen-bond acceptors (Lipinski definition) is 3. The van der Waals surface area contributed by atoms with Crippen molar-refractivity contribution in [2.45, 2.75) is 45.1 Å². The maximum Gasteiger partial charge on any atom is 0.494 e. The van der Waals surface area contributed by atoms with E-state index in [-0.39, 0.29) is 20.1 Å². The normalized spacial score (nSPS) is 14.4. The smallest absolute Gasteiger partial charge is 0.494 e. The summed E-state index contributed by atoms with van der Waals surface area (Å²) in [6.45, 7) is 2.03. The monoisotopic (exact) mass is 727 g/mol. The molecule has 6 heteroatoms. The fourth-order valence-electron chi connectivity index (χ4n) is 5.77. The van der Waals surface area contributed by atoms with E-state index in [2.05, 4.69) is 73.7 Å². The van der Waals surface area contributed by atoms with E-state index >= 15 is 0 Å². The summed E-state index contributed by atoms with van der Waals surface area (Å²) in [5.41, 5.74) is 7.91. The standard InChI is InChI=1S/C24H20N3O.C12H10N.Ir/c1-2-8-17(9-3-1)26-16-27(21-13-5-4-12-20(21)26)22-14-6-10-18-19-11-7-15-25-24(19)28-23(18)22;1-10-7-8-12(13-9-10)11-5-3-2-4-6-11;/h4-7,10-13,15,17H,1-3,8-9H2;2-5,7-9H,1H3;/q+1;-1;. The summed E-state index contributed by atoms with van der Waals surface area (Å²) in [5, 5.41) is 2.09. The van der Waals surface area contributed by atoms with Crippen LogP contribution in [-0.2, 0) is 20.1 Å². The number of nitrogens with zero attached hydrogens (tertiary/aromatic N) is 4. The van der Waals surface area contributed by atoms with E-state index in [0.29, 0.717) is 11.8 Å². The first-order chi connectivity index (χ1) is 20.3. The van der Waals surface area contributed by atoms with Gasteiger partial charge in [0.05, 0.1) is 5.58 Å². The van der Waals surface area contributed by atoms with Crippen LogP contribution in [0, 0.1) is 19.1 Å². The first-order valence-corrected chi connectivity index (χ1v) is 14.3. The van der Waals surface area contributed by atoms with Crippen LogP contribution in [0.5, 0.6) is 0 Å². The molecule has 2 aliphatic rings. The summed E-state index contributed by atoms with van der Waals surface area (Å²) in [6, 6.07) is 39.2. The molecule has 1 radical (unpaired) electrons. The zero-order chi connectivity index (χ0) is 27.6. The first kappa shape index (κ1) is 27.9. The zero-order valence-corrected chi connectivity index (χ0v) is 25.8. The van der Waals surface area contributed by atoms with Gasteiger partial charge in [0.15, 0.2) is 11.7 Å². The van der Waals surface area contributed by atoms with Crippen LogP contribution in [-0.4, -0.2) is 26.6 Å². The Kier molecular flexibility index (Phi) is 8.21. The van der Waals surface area contributed by atoms with E-state index in [1.807, 2.05) is 61.7 Å². The fourth-order valence-corrected chi connectivity index (χ4v) is 5.77. The van der Waals surface area contributed by atoms with E-state index in [4.69, 9.17) is 4.42 Å². The molecular formula is C36H30IrN4O. The molecule has 0 spiro atoms. The topological polar surface area (TPSA) is 44.9 Å². The number of aromatic nitrogens is 2. The van der Waals surface area contributed by atoms with Gasteiger partial charge >= 0.3 is 6.01 Å². The van der Waals surface area contributed by atoms with Crippen LogP contribution in [0.1, 0.15) is 37.7 Å². The van der Waals surface area contributed by atoms with Crippen LogP contribution in [0.3, 0.4) is 0 Å². The molecule has 6 aromatic rings. The van der Waals surface area contributed by atoms with E-state index in [1.54, 1.807) is 6.20 Å². The molecule has 0 bridgehead atoms. The quantitative estimate of drug-likeness (QED) is 0.136. The molecule has 209 valence electrons. The number of para-hydroxylation sites is 2. The summed E-state index contributed by atoms with van der Waals surface area (Å²) < 4.78 is 10.6. The molecule has 8 rings (SSSR count). The molecule has 1 aliphatic carbocycles. The first-order valence-electron chi connectivity index (χ1n) is 14.3. The molecule has 1 saturated carbocycles. The molecule has 1 fully saturated rings. The van der Waals surface area contributed by atoms with Gasteiger partial charge in [-0.05, 0) is 43.2 Å². The second-order valence-electron chi connectivity index (χ2n) is 10.6. The fraction of sp³-hybridized carbons (Fsp3) is 0.194. The second-order valence-corrected chi connectivity index (χ2v) is 10.6. The second kappa shape index (κ2) is 12.3. The Labute approximate surface area is 259 Å². The van der Waals surface area contributed by atoms with Crippen molar-refractivity contribution in [3.63, 3.8) is 0 Å². The summed E-state index contributed by atoms with van der Waals surface area (Å²) in [4.78, 5) is 8.71. The van der Waals surface area contributed by atoms with Crippen molar-refractivity contribution < 1.29 is 29.1 Å². The molecule has 0 saturated heterocycles. The van der Waals surface area contributed by atoms with Gasteiger partial charge in [-0.3, -0.25) is 0 Å². The van der Waals surface area contributed by atoms with Crippen molar-refractivity contribution >= 4 is 45.1 Å². The third kappa shape index (κ3) is 5.37. The van der Waals surface area contributed by atoms with Gasteiger partial charge in [0.1, 0.15) is 0 Å². The van der Waals surface area contributed by atoms with Crippen LogP contribution >= 0.6 is 0 Å². The Morgan fingerprint density at radius 3 is 2.43 bits per heavy atom. The van der Waals surface area contributed by atoms with Crippen LogP contribution in [0.25, 0.3) is 33.3 Å². The van der Waals surface area contributed by atoms with E-state index in [0.717, 1.165) is 39.0 Å². The van der Waals surface area contributed by atoms with Gasteiger partial charge in [0, 0.05) is 62.9 Å². The number of rotatable bonds is 3. The molecule has 5 nitrogen and oxygen atoms in total. The molecule has 0 N–H and O–H groups in total. The van der Waals surface area contributed by atoms with Crippen LogP contribution in [0.15, 0.2) is 102 Å². The van der Waals surface area contributed by atoms with Crippen molar-refractivity contribution in [3.8, 4) is 11.3 Å². The van der Waals surface area contributed by atoms with Gasteiger partial charge in [-0.25, -0.2) is 4.98 Å². The van der Waals surface area contributed by atoms with Crippen molar-refractivity contribution in [3.05, 3.63) is 115 Å². The third-order valence-corrected chi connectivity index (χ3v) is 7.84. The van der Waals surface area contributed by atoms with Crippen molar-refractivity contribution in [1.29, 1.82) is 0 Å². The molecule has 3 aromatic heterocycles. The summed E-state index contributed by atoms with van der Waals surface area (Å²) in [6.07, 6.45) is 10.0. The van der Waals surface area contributed by atoms with Crippen molar-refractivity contribution in [1.82, 2.24) is 14.5 Å². The molecular weight excluding hydrogens is 697 g/mol. The molecule has 4 heterocycles. The summed E-state index contributed by atoms with van der Waals surface area (Å²) in [7, 11) is 0. The van der Waals surface area contributed by atoms with Crippen LogP contribution in [0.2, 0.25) is 0 Å². The Bertz CT molecular complexity index is 1920. The number of aryl methyl sites for hydroxylation is 1. The van der Waals surface area contributed by atoms with Gasteiger partial charge in [0.25, 0.3) is 11.4 Å².